The van der Waals surface area contributed by atoms with Crippen molar-refractivity contribution in [2.24, 2.45) is 10.1 Å². The Morgan fingerprint density at radius 2 is 2.29 bits per heavy atom. The number of aliphatic imine (C=N–C) groups is 1. The summed E-state index contributed by atoms with van der Waals surface area (Å²) in [7, 11) is 0. The molecule has 1 aromatic heterocycles. The number of pyridine rings is 1. The quantitative estimate of drug-likeness (QED) is 0.507. The summed E-state index contributed by atoms with van der Waals surface area (Å²) >= 11 is 0. The zero-order chi connectivity index (χ0) is 9.64. The van der Waals surface area contributed by atoms with Gasteiger partial charge in [0.25, 0.3) is 0 Å². The largest absolute Gasteiger partial charge is 0.353 e. The van der Waals surface area contributed by atoms with E-state index in [1.54, 1.807) is 18.6 Å². The average Bonchev–Trinajstić information content (AvgIpc) is 2.72. The van der Waals surface area contributed by atoms with Crippen LogP contribution in [0.5, 0.6) is 0 Å². The topological polar surface area (TPSA) is 61.7 Å². The summed E-state index contributed by atoms with van der Waals surface area (Å²) in [5.74, 6) is 0.732. The number of hydrazone groups is 1. The molecule has 0 radical (unpaired) electrons. The van der Waals surface area contributed by atoms with Crippen LogP contribution in [0.3, 0.4) is 0 Å². The van der Waals surface area contributed by atoms with Crippen molar-refractivity contribution >= 4 is 12.2 Å². The Hall–Kier alpha value is -1.91. The van der Waals surface area contributed by atoms with Gasteiger partial charge in [0, 0.05) is 18.9 Å². The Kier molecular flexibility index (Phi) is 2.70. The highest BCUT2D eigenvalue weighted by atomic mass is 15.4. The zero-order valence-corrected chi connectivity index (χ0v) is 7.64. The molecule has 1 aromatic rings. The summed E-state index contributed by atoms with van der Waals surface area (Å²) < 4.78 is 0. The summed E-state index contributed by atoms with van der Waals surface area (Å²) in [6.07, 6.45) is 5.18. The number of guanidine groups is 1. The molecule has 5 nitrogen and oxygen atoms in total. The lowest BCUT2D eigenvalue weighted by Gasteiger charge is -1.98. The van der Waals surface area contributed by atoms with E-state index in [1.807, 2.05) is 12.1 Å². The third kappa shape index (κ3) is 2.29. The summed E-state index contributed by atoms with van der Waals surface area (Å²) in [6, 6.07) is 3.77. The molecule has 5 heteroatoms. The summed E-state index contributed by atoms with van der Waals surface area (Å²) in [4.78, 5) is 8.05. The van der Waals surface area contributed by atoms with Crippen LogP contribution in [0.4, 0.5) is 0 Å². The van der Waals surface area contributed by atoms with E-state index in [2.05, 4.69) is 25.8 Å². The number of nitrogens with one attached hydrogen (secondary N) is 2. The van der Waals surface area contributed by atoms with Gasteiger partial charge in [-0.2, -0.15) is 5.10 Å². The van der Waals surface area contributed by atoms with E-state index in [4.69, 9.17) is 0 Å². The molecule has 14 heavy (non-hydrogen) atoms. The maximum absolute atomic E-state index is 4.14. The Bertz CT molecular complexity index is 343. The lowest BCUT2D eigenvalue weighted by molar-refractivity contribution is 0.920. The SMILES string of the molecule is C(=N/NC1=NCCN1)/c1ccncc1. The van der Waals surface area contributed by atoms with Gasteiger partial charge in [-0.05, 0) is 17.7 Å². The highest BCUT2D eigenvalue weighted by Crippen LogP contribution is 1.90. The molecular weight excluding hydrogens is 178 g/mol. The van der Waals surface area contributed by atoms with Gasteiger partial charge in [0.2, 0.25) is 5.96 Å². The van der Waals surface area contributed by atoms with Crippen LogP contribution in [-0.4, -0.2) is 30.2 Å². The van der Waals surface area contributed by atoms with Crippen LogP contribution in [0.25, 0.3) is 0 Å². The van der Waals surface area contributed by atoms with Crippen molar-refractivity contribution < 1.29 is 0 Å². The molecular formula is C9H11N5. The molecule has 0 unspecified atom stereocenters. The van der Waals surface area contributed by atoms with E-state index < -0.39 is 0 Å². The second-order valence-electron chi connectivity index (χ2n) is 2.81. The van der Waals surface area contributed by atoms with Crippen molar-refractivity contribution in [2.75, 3.05) is 13.1 Å². The van der Waals surface area contributed by atoms with Gasteiger partial charge in [0.05, 0.1) is 12.8 Å². The number of hydrogen-bond acceptors (Lipinski definition) is 5. The minimum absolute atomic E-state index is 0.732. The lowest BCUT2D eigenvalue weighted by atomic mass is 10.3. The maximum Gasteiger partial charge on any atom is 0.212 e. The van der Waals surface area contributed by atoms with E-state index in [-0.39, 0.29) is 0 Å². The molecule has 0 fully saturated rings. The summed E-state index contributed by atoms with van der Waals surface area (Å²) in [6.45, 7) is 1.69. The minimum atomic E-state index is 0.732. The Balaban J connectivity index is 1.88. The highest BCUT2D eigenvalue weighted by Gasteiger charge is 2.00. The van der Waals surface area contributed by atoms with Gasteiger partial charge in [-0.25, -0.2) is 10.4 Å². The zero-order valence-electron chi connectivity index (χ0n) is 7.64. The fourth-order valence-corrected chi connectivity index (χ4v) is 1.09. The predicted molar refractivity (Wildman–Crippen MR) is 55.3 cm³/mol. The first-order chi connectivity index (χ1) is 6.95. The van der Waals surface area contributed by atoms with Gasteiger partial charge in [-0.1, -0.05) is 0 Å². The lowest BCUT2D eigenvalue weighted by Crippen LogP contribution is -2.30. The Morgan fingerprint density at radius 3 is 3.00 bits per heavy atom. The minimum Gasteiger partial charge on any atom is -0.353 e. The van der Waals surface area contributed by atoms with Gasteiger partial charge in [0.1, 0.15) is 0 Å². The molecule has 72 valence electrons. The van der Waals surface area contributed by atoms with Gasteiger partial charge in [-0.15, -0.1) is 0 Å². The van der Waals surface area contributed by atoms with Crippen molar-refractivity contribution in [3.8, 4) is 0 Å². The molecule has 0 amide bonds. The van der Waals surface area contributed by atoms with Gasteiger partial charge in [0.15, 0.2) is 0 Å². The van der Waals surface area contributed by atoms with E-state index in [0.29, 0.717) is 0 Å². The molecule has 0 bridgehead atoms. The van der Waals surface area contributed by atoms with Crippen LogP contribution in [0.1, 0.15) is 5.56 Å². The van der Waals surface area contributed by atoms with Gasteiger partial charge < -0.3 is 5.32 Å². The van der Waals surface area contributed by atoms with Crippen molar-refractivity contribution in [3.63, 3.8) is 0 Å². The van der Waals surface area contributed by atoms with Crippen LogP contribution in [0.2, 0.25) is 0 Å². The fraction of sp³-hybridized carbons (Fsp3) is 0.222. The molecule has 2 heterocycles. The van der Waals surface area contributed by atoms with Crippen LogP contribution < -0.4 is 10.7 Å². The molecule has 1 aliphatic rings. The molecule has 2 rings (SSSR count). The summed E-state index contributed by atoms with van der Waals surface area (Å²) in [5.41, 5.74) is 3.82. The first kappa shape index (κ1) is 8.68. The molecule has 0 aromatic carbocycles. The molecule has 0 saturated carbocycles. The molecule has 0 atom stereocenters. The molecule has 2 N–H and O–H groups in total. The second-order valence-corrected chi connectivity index (χ2v) is 2.81. The van der Waals surface area contributed by atoms with Crippen molar-refractivity contribution in [2.45, 2.75) is 0 Å². The number of hydrogen-bond donors (Lipinski definition) is 2. The molecule has 0 saturated heterocycles. The van der Waals surface area contributed by atoms with E-state index in [9.17, 15) is 0 Å². The number of aromatic nitrogens is 1. The van der Waals surface area contributed by atoms with Crippen LogP contribution in [-0.2, 0) is 0 Å². The predicted octanol–water partition coefficient (Wildman–Crippen LogP) is -0.0357. The number of nitrogens with zero attached hydrogens (tertiary/aromatic N) is 3. The van der Waals surface area contributed by atoms with E-state index >= 15 is 0 Å². The first-order valence-corrected chi connectivity index (χ1v) is 4.42. The summed E-state index contributed by atoms with van der Waals surface area (Å²) in [5, 5.41) is 7.08. The van der Waals surface area contributed by atoms with Gasteiger partial charge >= 0.3 is 0 Å². The Morgan fingerprint density at radius 1 is 1.43 bits per heavy atom. The van der Waals surface area contributed by atoms with Crippen LogP contribution in [0.15, 0.2) is 34.6 Å². The maximum atomic E-state index is 4.14. The van der Waals surface area contributed by atoms with Crippen LogP contribution >= 0.6 is 0 Å². The molecule has 0 spiro atoms. The standard InChI is InChI=1S/C9H11N5/c1-3-10-4-2-8(1)7-13-14-9-11-5-6-12-9/h1-4,7H,5-6H2,(H2,11,12,14)/b13-7-. The van der Waals surface area contributed by atoms with Crippen molar-refractivity contribution in [3.05, 3.63) is 30.1 Å². The van der Waals surface area contributed by atoms with Crippen molar-refractivity contribution in [1.82, 2.24) is 15.7 Å². The smallest absolute Gasteiger partial charge is 0.212 e. The molecule has 1 aliphatic heterocycles. The first-order valence-electron chi connectivity index (χ1n) is 4.42. The van der Waals surface area contributed by atoms with Crippen LogP contribution in [0, 0.1) is 0 Å². The van der Waals surface area contributed by atoms with Crippen molar-refractivity contribution in [1.29, 1.82) is 0 Å². The normalized spacial score (nSPS) is 15.3. The monoisotopic (exact) mass is 189 g/mol. The van der Waals surface area contributed by atoms with Gasteiger partial charge in [-0.3, -0.25) is 4.98 Å². The third-order valence-corrected chi connectivity index (χ3v) is 1.76. The molecule has 0 aliphatic carbocycles. The van der Waals surface area contributed by atoms with E-state index in [1.165, 1.54) is 0 Å². The Labute approximate surface area is 82.0 Å². The fourth-order valence-electron chi connectivity index (χ4n) is 1.09. The van der Waals surface area contributed by atoms with E-state index in [0.717, 1.165) is 24.6 Å². The highest BCUT2D eigenvalue weighted by molar-refractivity contribution is 5.84. The average molecular weight is 189 g/mol. The third-order valence-electron chi connectivity index (χ3n) is 1.76. The number of rotatable bonds is 2. The second kappa shape index (κ2) is 4.36.